The van der Waals surface area contributed by atoms with Gasteiger partial charge in [-0.15, -0.1) is 0 Å². The summed E-state index contributed by atoms with van der Waals surface area (Å²) in [5.41, 5.74) is 1.15. The third-order valence-corrected chi connectivity index (χ3v) is 2.75. The quantitative estimate of drug-likeness (QED) is 0.803. The van der Waals surface area contributed by atoms with Crippen LogP contribution in [0.1, 0.15) is 38.3 Å². The molecule has 1 unspecified atom stereocenters. The number of nitrogens with zero attached hydrogens (tertiary/aromatic N) is 1. The van der Waals surface area contributed by atoms with E-state index in [-0.39, 0.29) is 0 Å². The Bertz CT molecular complexity index is 313. The lowest BCUT2D eigenvalue weighted by molar-refractivity contribution is 0.377. The number of pyridine rings is 1. The van der Waals surface area contributed by atoms with Crippen LogP contribution in [0, 0.1) is 5.92 Å². The lowest BCUT2D eigenvalue weighted by Crippen LogP contribution is -2.18. The van der Waals surface area contributed by atoms with E-state index in [1.165, 1.54) is 6.42 Å². The van der Waals surface area contributed by atoms with Gasteiger partial charge in [0.25, 0.3) is 0 Å². The van der Waals surface area contributed by atoms with E-state index >= 15 is 0 Å². The second-order valence-electron chi connectivity index (χ2n) is 4.41. The Morgan fingerprint density at radius 2 is 2.12 bits per heavy atom. The summed E-state index contributed by atoms with van der Waals surface area (Å²) in [6.07, 6.45) is 4.07. The van der Waals surface area contributed by atoms with Crippen molar-refractivity contribution in [1.29, 1.82) is 0 Å². The highest BCUT2D eigenvalue weighted by Crippen LogP contribution is 2.26. The molecule has 1 aromatic rings. The fourth-order valence-electron chi connectivity index (χ4n) is 1.79. The molecule has 0 aliphatic heterocycles. The van der Waals surface area contributed by atoms with Crippen molar-refractivity contribution in [2.24, 2.45) is 5.92 Å². The van der Waals surface area contributed by atoms with E-state index in [1.807, 2.05) is 13.1 Å². The van der Waals surface area contributed by atoms with Gasteiger partial charge in [0.1, 0.15) is 0 Å². The molecule has 1 atom stereocenters. The molecule has 16 heavy (non-hydrogen) atoms. The normalized spacial score (nSPS) is 12.8. The van der Waals surface area contributed by atoms with Gasteiger partial charge in [0.05, 0.1) is 7.11 Å². The van der Waals surface area contributed by atoms with Crippen molar-refractivity contribution in [2.75, 3.05) is 14.2 Å². The average Bonchev–Trinajstić information content (AvgIpc) is 2.30. The molecule has 0 aromatic carbocycles. The van der Waals surface area contributed by atoms with Crippen LogP contribution in [0.2, 0.25) is 0 Å². The molecule has 0 radical (unpaired) electrons. The minimum absolute atomic E-state index is 0.325. The van der Waals surface area contributed by atoms with Crippen molar-refractivity contribution in [1.82, 2.24) is 10.3 Å². The third-order valence-electron chi connectivity index (χ3n) is 2.75. The Balaban J connectivity index is 2.77. The van der Waals surface area contributed by atoms with Crippen LogP contribution in [0.4, 0.5) is 0 Å². The van der Waals surface area contributed by atoms with Crippen LogP contribution in [0.5, 0.6) is 5.88 Å². The Hall–Kier alpha value is -1.09. The van der Waals surface area contributed by atoms with Crippen molar-refractivity contribution in [3.05, 3.63) is 23.9 Å². The zero-order chi connectivity index (χ0) is 12.0. The summed E-state index contributed by atoms with van der Waals surface area (Å²) in [4.78, 5) is 4.23. The first-order chi connectivity index (χ1) is 7.69. The molecule has 1 N–H and O–H groups in total. The van der Waals surface area contributed by atoms with Gasteiger partial charge in [-0.05, 0) is 31.9 Å². The maximum absolute atomic E-state index is 5.28. The van der Waals surface area contributed by atoms with Crippen molar-refractivity contribution in [2.45, 2.75) is 32.7 Å². The van der Waals surface area contributed by atoms with E-state index in [4.69, 9.17) is 4.74 Å². The molecule has 0 aliphatic rings. The van der Waals surface area contributed by atoms with Crippen LogP contribution in [0.15, 0.2) is 18.3 Å². The van der Waals surface area contributed by atoms with E-state index in [0.29, 0.717) is 6.04 Å². The molecule has 0 saturated carbocycles. The van der Waals surface area contributed by atoms with Gasteiger partial charge in [-0.25, -0.2) is 4.98 Å². The highest BCUT2D eigenvalue weighted by atomic mass is 16.5. The summed E-state index contributed by atoms with van der Waals surface area (Å²) in [6.45, 7) is 4.49. The monoisotopic (exact) mass is 222 g/mol. The first-order valence-electron chi connectivity index (χ1n) is 5.85. The van der Waals surface area contributed by atoms with E-state index < -0.39 is 0 Å². The molecule has 1 aromatic heterocycles. The summed E-state index contributed by atoms with van der Waals surface area (Å²) < 4.78 is 5.28. The van der Waals surface area contributed by atoms with Crippen molar-refractivity contribution in [3.63, 3.8) is 0 Å². The van der Waals surface area contributed by atoms with Gasteiger partial charge in [0.2, 0.25) is 5.88 Å². The maximum atomic E-state index is 5.28. The van der Waals surface area contributed by atoms with Gasteiger partial charge >= 0.3 is 0 Å². The number of hydrogen-bond donors (Lipinski definition) is 1. The van der Waals surface area contributed by atoms with Crippen LogP contribution in [-0.4, -0.2) is 19.1 Å². The zero-order valence-corrected chi connectivity index (χ0v) is 10.7. The number of nitrogens with one attached hydrogen (secondary N) is 1. The standard InChI is InChI=1S/C13H22N2O/c1-10(2)7-8-12(14-3)11-6-5-9-15-13(11)16-4/h5-6,9-10,12,14H,7-8H2,1-4H3. The second-order valence-corrected chi connectivity index (χ2v) is 4.41. The van der Waals surface area contributed by atoms with Gasteiger partial charge in [-0.1, -0.05) is 19.9 Å². The molecule has 0 amide bonds. The molecule has 3 nitrogen and oxygen atoms in total. The van der Waals surface area contributed by atoms with Crippen LogP contribution >= 0.6 is 0 Å². The predicted molar refractivity (Wildman–Crippen MR) is 66.7 cm³/mol. The third kappa shape index (κ3) is 3.49. The highest BCUT2D eigenvalue weighted by Gasteiger charge is 2.14. The van der Waals surface area contributed by atoms with E-state index in [1.54, 1.807) is 13.3 Å². The Labute approximate surface area is 98.2 Å². The smallest absolute Gasteiger partial charge is 0.217 e. The fourth-order valence-corrected chi connectivity index (χ4v) is 1.79. The molecule has 0 fully saturated rings. The Morgan fingerprint density at radius 1 is 1.38 bits per heavy atom. The van der Waals surface area contributed by atoms with Gasteiger partial charge in [0.15, 0.2) is 0 Å². The van der Waals surface area contributed by atoms with E-state index in [0.717, 1.165) is 23.8 Å². The maximum Gasteiger partial charge on any atom is 0.217 e. The van der Waals surface area contributed by atoms with Crippen LogP contribution in [-0.2, 0) is 0 Å². The van der Waals surface area contributed by atoms with Crippen molar-refractivity contribution >= 4 is 0 Å². The summed E-state index contributed by atoms with van der Waals surface area (Å²) >= 11 is 0. The number of aromatic nitrogens is 1. The van der Waals surface area contributed by atoms with Crippen LogP contribution in [0.25, 0.3) is 0 Å². The SMILES string of the molecule is CNC(CCC(C)C)c1cccnc1OC. The number of ether oxygens (including phenoxy) is 1. The predicted octanol–water partition coefficient (Wildman–Crippen LogP) is 2.79. The van der Waals surface area contributed by atoms with Gasteiger partial charge < -0.3 is 10.1 Å². The molecule has 0 saturated heterocycles. The van der Waals surface area contributed by atoms with Crippen LogP contribution < -0.4 is 10.1 Å². The summed E-state index contributed by atoms with van der Waals surface area (Å²) in [5, 5.41) is 3.33. The fraction of sp³-hybridized carbons (Fsp3) is 0.615. The van der Waals surface area contributed by atoms with Gasteiger partial charge in [-0.2, -0.15) is 0 Å². The summed E-state index contributed by atoms with van der Waals surface area (Å²) in [5.74, 6) is 1.45. The van der Waals surface area contributed by atoms with Crippen molar-refractivity contribution in [3.8, 4) is 5.88 Å². The second kappa shape index (κ2) is 6.48. The first-order valence-corrected chi connectivity index (χ1v) is 5.85. The van der Waals surface area contributed by atoms with Crippen molar-refractivity contribution < 1.29 is 4.74 Å². The molecule has 0 aliphatic carbocycles. The minimum Gasteiger partial charge on any atom is -0.481 e. The Morgan fingerprint density at radius 3 is 2.69 bits per heavy atom. The number of methoxy groups -OCH3 is 1. The molecule has 0 spiro atoms. The highest BCUT2D eigenvalue weighted by molar-refractivity contribution is 5.28. The molecule has 1 heterocycles. The zero-order valence-electron chi connectivity index (χ0n) is 10.7. The molecule has 1 rings (SSSR count). The topological polar surface area (TPSA) is 34.2 Å². The van der Waals surface area contributed by atoms with E-state index in [2.05, 4.69) is 30.2 Å². The molecule has 0 bridgehead atoms. The van der Waals surface area contributed by atoms with E-state index in [9.17, 15) is 0 Å². The molecule has 90 valence electrons. The minimum atomic E-state index is 0.325. The molecular formula is C13H22N2O. The molecular weight excluding hydrogens is 200 g/mol. The summed E-state index contributed by atoms with van der Waals surface area (Å²) in [7, 11) is 3.65. The van der Waals surface area contributed by atoms with Gasteiger partial charge in [0, 0.05) is 17.8 Å². The lowest BCUT2D eigenvalue weighted by Gasteiger charge is -2.19. The van der Waals surface area contributed by atoms with Gasteiger partial charge in [-0.3, -0.25) is 0 Å². The average molecular weight is 222 g/mol. The first kappa shape index (κ1) is 13.0. The van der Waals surface area contributed by atoms with Crippen LogP contribution in [0.3, 0.4) is 0 Å². The molecule has 3 heteroatoms. The lowest BCUT2D eigenvalue weighted by atomic mass is 9.98. The largest absolute Gasteiger partial charge is 0.481 e. The number of rotatable bonds is 6. The Kier molecular flexibility index (Phi) is 5.26. The summed E-state index contributed by atoms with van der Waals surface area (Å²) in [6, 6.07) is 4.36. The number of hydrogen-bond acceptors (Lipinski definition) is 3.